The summed E-state index contributed by atoms with van der Waals surface area (Å²) in [5.74, 6) is -36.9. The molecular formula is C15H9F13. The smallest absolute Gasteiger partial charge is 0.195 e. The highest BCUT2D eigenvalue weighted by Gasteiger charge is 2.90. The normalized spacial score (nSPS) is 15.7. The van der Waals surface area contributed by atoms with Crippen molar-refractivity contribution in [1.82, 2.24) is 0 Å². The molecule has 0 bridgehead atoms. The van der Waals surface area contributed by atoms with Crippen LogP contribution in [0.15, 0.2) is 36.4 Å². The van der Waals surface area contributed by atoms with Gasteiger partial charge in [0.2, 0.25) is 0 Å². The fraction of sp³-hybridized carbons (Fsp3) is 0.467. The maximum absolute atomic E-state index is 13.7. The highest BCUT2D eigenvalue weighted by atomic mass is 19.4. The second kappa shape index (κ2) is 6.83. The Morgan fingerprint density at radius 1 is 0.607 bits per heavy atom. The maximum atomic E-state index is 13.7. The lowest BCUT2D eigenvalue weighted by atomic mass is 9.92. The van der Waals surface area contributed by atoms with Crippen LogP contribution in [0.2, 0.25) is 0 Å². The number of rotatable bonds is 6. The predicted molar refractivity (Wildman–Crippen MR) is 70.9 cm³/mol. The first-order chi connectivity index (χ1) is 12.2. The summed E-state index contributed by atoms with van der Waals surface area (Å²) in [6, 6.07) is 5.82. The van der Waals surface area contributed by atoms with Crippen LogP contribution in [0.1, 0.15) is 12.5 Å². The van der Waals surface area contributed by atoms with Gasteiger partial charge in [0.15, 0.2) is 0 Å². The SMILES string of the molecule is C/C(=C/C(F)(F)C(F)(F)C(F)(F)C(F)(F)C(F)(F)C(F)(F)F)c1ccccc1. The number of halogens is 13. The van der Waals surface area contributed by atoms with Gasteiger partial charge in [-0.3, -0.25) is 0 Å². The van der Waals surface area contributed by atoms with E-state index in [9.17, 15) is 57.1 Å². The van der Waals surface area contributed by atoms with Crippen LogP contribution in [0, 0.1) is 0 Å². The van der Waals surface area contributed by atoms with Gasteiger partial charge in [-0.15, -0.1) is 0 Å². The molecule has 160 valence electrons. The Kier molecular flexibility index (Phi) is 5.88. The summed E-state index contributed by atoms with van der Waals surface area (Å²) < 4.78 is 169. The van der Waals surface area contributed by atoms with Crippen molar-refractivity contribution in [1.29, 1.82) is 0 Å². The lowest BCUT2D eigenvalue weighted by Crippen LogP contribution is -2.69. The summed E-state index contributed by atoms with van der Waals surface area (Å²) in [4.78, 5) is 0. The van der Waals surface area contributed by atoms with E-state index in [0.29, 0.717) is 6.92 Å². The minimum Gasteiger partial charge on any atom is -0.195 e. The van der Waals surface area contributed by atoms with Crippen LogP contribution in [0.3, 0.4) is 0 Å². The Labute approximate surface area is 148 Å². The van der Waals surface area contributed by atoms with Crippen LogP contribution < -0.4 is 0 Å². The first kappa shape index (κ1) is 24.1. The molecule has 1 rings (SSSR count). The van der Waals surface area contributed by atoms with Crippen LogP contribution in [0.5, 0.6) is 0 Å². The van der Waals surface area contributed by atoms with Gasteiger partial charge in [-0.1, -0.05) is 30.3 Å². The zero-order chi connectivity index (χ0) is 22.4. The first-order valence-corrected chi connectivity index (χ1v) is 6.94. The first-order valence-electron chi connectivity index (χ1n) is 6.94. The Morgan fingerprint density at radius 2 is 1.00 bits per heavy atom. The quantitative estimate of drug-likeness (QED) is 0.429. The van der Waals surface area contributed by atoms with Crippen LogP contribution >= 0.6 is 0 Å². The van der Waals surface area contributed by atoms with E-state index in [2.05, 4.69) is 0 Å². The molecule has 0 atom stereocenters. The van der Waals surface area contributed by atoms with Crippen molar-refractivity contribution in [3.05, 3.63) is 42.0 Å². The Bertz CT molecular complexity index is 713. The summed E-state index contributed by atoms with van der Waals surface area (Å²) in [6.07, 6.45) is -8.33. The van der Waals surface area contributed by atoms with Gasteiger partial charge < -0.3 is 0 Å². The molecule has 0 radical (unpaired) electrons. The van der Waals surface area contributed by atoms with Gasteiger partial charge in [0.05, 0.1) is 0 Å². The van der Waals surface area contributed by atoms with Crippen molar-refractivity contribution < 1.29 is 57.1 Å². The fourth-order valence-electron chi connectivity index (χ4n) is 1.93. The molecule has 0 spiro atoms. The average Bonchev–Trinajstić information content (AvgIpc) is 2.53. The zero-order valence-corrected chi connectivity index (χ0v) is 13.4. The van der Waals surface area contributed by atoms with Gasteiger partial charge in [0, 0.05) is 0 Å². The molecule has 0 heterocycles. The van der Waals surface area contributed by atoms with Crippen molar-refractivity contribution in [2.24, 2.45) is 0 Å². The maximum Gasteiger partial charge on any atom is 0.460 e. The van der Waals surface area contributed by atoms with Crippen molar-refractivity contribution in [2.75, 3.05) is 0 Å². The van der Waals surface area contributed by atoms with Gasteiger partial charge in [-0.2, -0.15) is 57.1 Å². The fourth-order valence-corrected chi connectivity index (χ4v) is 1.93. The largest absolute Gasteiger partial charge is 0.460 e. The lowest BCUT2D eigenvalue weighted by molar-refractivity contribution is -0.436. The molecule has 0 amide bonds. The van der Waals surface area contributed by atoms with E-state index in [1.54, 1.807) is 0 Å². The second-order valence-corrected chi connectivity index (χ2v) is 5.61. The summed E-state index contributed by atoms with van der Waals surface area (Å²) in [6.45, 7) is 0.680. The van der Waals surface area contributed by atoms with Crippen molar-refractivity contribution in [2.45, 2.75) is 42.7 Å². The molecule has 1 aromatic rings. The molecule has 0 aromatic heterocycles. The van der Waals surface area contributed by atoms with Gasteiger partial charge in [-0.05, 0) is 24.1 Å². The van der Waals surface area contributed by atoms with E-state index in [-0.39, 0.29) is 5.56 Å². The van der Waals surface area contributed by atoms with Gasteiger partial charge in [-0.25, -0.2) is 0 Å². The zero-order valence-electron chi connectivity index (χ0n) is 13.4. The summed E-state index contributed by atoms with van der Waals surface area (Å²) in [7, 11) is 0. The molecule has 0 saturated heterocycles. The summed E-state index contributed by atoms with van der Waals surface area (Å²) in [5.41, 5.74) is -1.11. The van der Waals surface area contributed by atoms with E-state index in [4.69, 9.17) is 0 Å². The highest BCUT2D eigenvalue weighted by molar-refractivity contribution is 5.64. The van der Waals surface area contributed by atoms with E-state index in [1.165, 1.54) is 18.2 Å². The minimum atomic E-state index is -7.89. The molecule has 0 N–H and O–H groups in total. The standard InChI is InChI=1S/C15H9F13/c1-8(9-5-3-2-4-6-9)7-10(16,17)11(18,19)12(20,21)13(22,23)14(24,25)15(26,27)28/h2-7H,1H3/b8-7-. The molecule has 0 unspecified atom stereocenters. The molecule has 28 heavy (non-hydrogen) atoms. The molecule has 0 aliphatic rings. The number of hydrogen-bond donors (Lipinski definition) is 0. The number of alkyl halides is 13. The monoisotopic (exact) mass is 436 g/mol. The van der Waals surface area contributed by atoms with Crippen LogP contribution in [0.25, 0.3) is 5.57 Å². The Hall–Kier alpha value is -1.95. The van der Waals surface area contributed by atoms with Gasteiger partial charge in [0.25, 0.3) is 0 Å². The van der Waals surface area contributed by atoms with Gasteiger partial charge in [0.1, 0.15) is 0 Å². The van der Waals surface area contributed by atoms with Crippen LogP contribution in [0.4, 0.5) is 57.1 Å². The van der Waals surface area contributed by atoms with E-state index in [1.807, 2.05) is 0 Å². The average molecular weight is 436 g/mol. The highest BCUT2D eigenvalue weighted by Crippen LogP contribution is 2.60. The van der Waals surface area contributed by atoms with Crippen molar-refractivity contribution >= 4 is 5.57 Å². The number of benzene rings is 1. The molecular weight excluding hydrogens is 427 g/mol. The van der Waals surface area contributed by atoms with Crippen LogP contribution in [-0.2, 0) is 0 Å². The Morgan fingerprint density at radius 3 is 1.39 bits per heavy atom. The second-order valence-electron chi connectivity index (χ2n) is 5.61. The topological polar surface area (TPSA) is 0 Å². The predicted octanol–water partition coefficient (Wildman–Crippen LogP) is 6.83. The van der Waals surface area contributed by atoms with Crippen molar-refractivity contribution in [3.8, 4) is 0 Å². The molecule has 0 aliphatic carbocycles. The summed E-state index contributed by atoms with van der Waals surface area (Å²) in [5, 5.41) is 0. The molecule has 13 heteroatoms. The molecule has 0 saturated carbocycles. The molecule has 0 aliphatic heterocycles. The van der Waals surface area contributed by atoms with Crippen molar-refractivity contribution in [3.63, 3.8) is 0 Å². The Balaban J connectivity index is 3.49. The molecule has 0 fully saturated rings. The number of allylic oxidation sites excluding steroid dienone is 2. The summed E-state index contributed by atoms with van der Waals surface area (Å²) >= 11 is 0. The van der Waals surface area contributed by atoms with E-state index in [0.717, 1.165) is 12.1 Å². The minimum absolute atomic E-state index is 0.256. The third-order valence-electron chi connectivity index (χ3n) is 3.58. The van der Waals surface area contributed by atoms with E-state index < -0.39 is 47.4 Å². The molecule has 0 nitrogen and oxygen atoms in total. The van der Waals surface area contributed by atoms with Gasteiger partial charge >= 0.3 is 35.8 Å². The van der Waals surface area contributed by atoms with E-state index >= 15 is 0 Å². The third-order valence-corrected chi connectivity index (χ3v) is 3.58. The number of hydrogen-bond acceptors (Lipinski definition) is 0. The lowest BCUT2D eigenvalue weighted by Gasteiger charge is -2.39. The van der Waals surface area contributed by atoms with Crippen LogP contribution in [-0.4, -0.2) is 35.8 Å². The molecule has 1 aromatic carbocycles. The third kappa shape index (κ3) is 3.54.